The molecule has 2 rings (SSSR count). The fraction of sp³-hybridized carbons (Fsp3) is 0.941. The van der Waals surface area contributed by atoms with E-state index in [1.807, 2.05) is 0 Å². The number of carbonyl (C=O) groups is 1. The Balaban J connectivity index is 1.81. The Kier molecular flexibility index (Phi) is 6.49. The molecule has 2 aliphatic carbocycles. The lowest BCUT2D eigenvalue weighted by atomic mass is 10.1. The third-order valence-corrected chi connectivity index (χ3v) is 4.85. The highest BCUT2D eigenvalue weighted by molar-refractivity contribution is 5.73. The Hall–Kier alpha value is -0.610. The summed E-state index contributed by atoms with van der Waals surface area (Å²) >= 11 is 0. The minimum Gasteiger partial charge on any atom is -0.480 e. The minimum atomic E-state index is -0.683. The Morgan fingerprint density at radius 1 is 1.14 bits per heavy atom. The van der Waals surface area contributed by atoms with Gasteiger partial charge in [-0.3, -0.25) is 4.79 Å². The molecular formula is C17H32N2O2. The molecule has 21 heavy (non-hydrogen) atoms. The lowest BCUT2D eigenvalue weighted by Gasteiger charge is -2.30. The maximum absolute atomic E-state index is 11.4. The van der Waals surface area contributed by atoms with Gasteiger partial charge in [-0.2, -0.15) is 0 Å². The normalized spacial score (nSPS) is 21.3. The van der Waals surface area contributed by atoms with E-state index in [0.29, 0.717) is 18.0 Å². The molecule has 4 nitrogen and oxygen atoms in total. The van der Waals surface area contributed by atoms with Gasteiger partial charge in [0.15, 0.2) is 0 Å². The van der Waals surface area contributed by atoms with E-state index >= 15 is 0 Å². The predicted octanol–water partition coefficient (Wildman–Crippen LogP) is 2.87. The van der Waals surface area contributed by atoms with Gasteiger partial charge in [0.25, 0.3) is 0 Å². The van der Waals surface area contributed by atoms with Gasteiger partial charge >= 0.3 is 5.97 Å². The van der Waals surface area contributed by atoms with Gasteiger partial charge in [-0.25, -0.2) is 0 Å². The largest absolute Gasteiger partial charge is 0.480 e. The van der Waals surface area contributed by atoms with Gasteiger partial charge in [-0.1, -0.05) is 26.7 Å². The van der Waals surface area contributed by atoms with E-state index in [-0.39, 0.29) is 6.04 Å². The standard InChI is InChI=1S/C17H32N2O2/c1-13(2)9-11-19(15-5-3-4-6-15)12-10-16(17(20)21)18-14-7-8-14/h13-16,18H,3-12H2,1-2H3,(H,20,21). The summed E-state index contributed by atoms with van der Waals surface area (Å²) < 4.78 is 0. The molecule has 0 aromatic rings. The average Bonchev–Trinajstić information content (AvgIpc) is 3.08. The first-order valence-electron chi connectivity index (χ1n) is 8.79. The fourth-order valence-electron chi connectivity index (χ4n) is 3.28. The maximum atomic E-state index is 11.4. The lowest BCUT2D eigenvalue weighted by molar-refractivity contribution is -0.139. The molecule has 0 aliphatic heterocycles. The van der Waals surface area contributed by atoms with Crippen LogP contribution in [0.25, 0.3) is 0 Å². The molecule has 2 N–H and O–H groups in total. The summed E-state index contributed by atoms with van der Waals surface area (Å²) in [5, 5.41) is 12.6. The molecule has 0 aromatic carbocycles. The predicted molar refractivity (Wildman–Crippen MR) is 85.5 cm³/mol. The number of hydrogen-bond acceptors (Lipinski definition) is 3. The van der Waals surface area contributed by atoms with E-state index in [9.17, 15) is 9.90 Å². The molecule has 2 aliphatic rings. The summed E-state index contributed by atoms with van der Waals surface area (Å²) in [5.74, 6) is 0.0332. The van der Waals surface area contributed by atoms with Gasteiger partial charge in [0.2, 0.25) is 0 Å². The zero-order valence-corrected chi connectivity index (χ0v) is 13.7. The van der Waals surface area contributed by atoms with Crippen molar-refractivity contribution in [1.82, 2.24) is 10.2 Å². The lowest BCUT2D eigenvalue weighted by Crippen LogP contribution is -2.43. The Morgan fingerprint density at radius 3 is 2.29 bits per heavy atom. The third-order valence-electron chi connectivity index (χ3n) is 4.85. The fourth-order valence-corrected chi connectivity index (χ4v) is 3.28. The monoisotopic (exact) mass is 296 g/mol. The van der Waals surface area contributed by atoms with Crippen LogP contribution in [0.2, 0.25) is 0 Å². The van der Waals surface area contributed by atoms with Gasteiger partial charge in [0.1, 0.15) is 6.04 Å². The van der Waals surface area contributed by atoms with E-state index in [2.05, 4.69) is 24.1 Å². The maximum Gasteiger partial charge on any atom is 0.320 e. The Bertz CT molecular complexity index is 323. The summed E-state index contributed by atoms with van der Waals surface area (Å²) in [5.41, 5.74) is 0. The van der Waals surface area contributed by atoms with Gasteiger partial charge in [0, 0.05) is 18.6 Å². The molecule has 0 heterocycles. The van der Waals surface area contributed by atoms with E-state index < -0.39 is 5.97 Å². The van der Waals surface area contributed by atoms with Crippen LogP contribution in [0.4, 0.5) is 0 Å². The molecule has 2 saturated carbocycles. The van der Waals surface area contributed by atoms with Crippen molar-refractivity contribution in [2.45, 2.75) is 83.3 Å². The molecule has 0 aromatic heterocycles. The van der Waals surface area contributed by atoms with Crippen molar-refractivity contribution >= 4 is 5.97 Å². The number of nitrogens with zero attached hydrogens (tertiary/aromatic N) is 1. The smallest absolute Gasteiger partial charge is 0.320 e. The van der Waals surface area contributed by atoms with E-state index in [4.69, 9.17) is 0 Å². The number of aliphatic carboxylic acids is 1. The molecule has 0 spiro atoms. The van der Waals surface area contributed by atoms with E-state index in [1.165, 1.54) is 32.1 Å². The molecule has 0 bridgehead atoms. The highest BCUT2D eigenvalue weighted by Gasteiger charge is 2.29. The number of carboxylic acids is 1. The van der Waals surface area contributed by atoms with Crippen LogP contribution in [0.15, 0.2) is 0 Å². The van der Waals surface area contributed by atoms with Crippen LogP contribution in [0.1, 0.15) is 65.2 Å². The van der Waals surface area contributed by atoms with Crippen LogP contribution in [-0.4, -0.2) is 47.2 Å². The second-order valence-corrected chi connectivity index (χ2v) is 7.28. The van der Waals surface area contributed by atoms with Crippen molar-refractivity contribution in [2.75, 3.05) is 13.1 Å². The third kappa shape index (κ3) is 5.95. The molecule has 1 atom stereocenters. The summed E-state index contributed by atoms with van der Waals surface area (Å²) in [7, 11) is 0. The topological polar surface area (TPSA) is 52.6 Å². The summed E-state index contributed by atoms with van der Waals surface area (Å²) in [6.45, 7) is 6.58. The molecule has 1 unspecified atom stereocenters. The molecular weight excluding hydrogens is 264 g/mol. The van der Waals surface area contributed by atoms with Crippen molar-refractivity contribution in [3.8, 4) is 0 Å². The van der Waals surface area contributed by atoms with Gasteiger partial charge in [0.05, 0.1) is 0 Å². The first-order chi connectivity index (χ1) is 10.1. The van der Waals surface area contributed by atoms with Gasteiger partial charge < -0.3 is 15.3 Å². The van der Waals surface area contributed by atoms with Crippen molar-refractivity contribution in [3.63, 3.8) is 0 Å². The molecule has 122 valence electrons. The molecule has 4 heteroatoms. The molecule has 0 saturated heterocycles. The van der Waals surface area contributed by atoms with Crippen molar-refractivity contribution in [1.29, 1.82) is 0 Å². The van der Waals surface area contributed by atoms with Crippen molar-refractivity contribution in [2.24, 2.45) is 5.92 Å². The molecule has 0 amide bonds. The van der Waals surface area contributed by atoms with Gasteiger partial charge in [-0.15, -0.1) is 0 Å². The SMILES string of the molecule is CC(C)CCN(CCC(NC1CC1)C(=O)O)C1CCCC1. The first-order valence-corrected chi connectivity index (χ1v) is 8.79. The van der Waals surface area contributed by atoms with Crippen molar-refractivity contribution < 1.29 is 9.90 Å². The van der Waals surface area contributed by atoms with Crippen LogP contribution >= 0.6 is 0 Å². The average molecular weight is 296 g/mol. The minimum absolute atomic E-state index is 0.361. The second kappa shape index (κ2) is 8.14. The summed E-state index contributed by atoms with van der Waals surface area (Å²) in [6, 6.07) is 0.793. The van der Waals surface area contributed by atoms with Crippen LogP contribution in [0.3, 0.4) is 0 Å². The number of rotatable bonds is 10. The zero-order chi connectivity index (χ0) is 15.2. The van der Waals surface area contributed by atoms with E-state index in [0.717, 1.165) is 32.4 Å². The Morgan fingerprint density at radius 2 is 1.76 bits per heavy atom. The van der Waals surface area contributed by atoms with Crippen LogP contribution in [0, 0.1) is 5.92 Å². The number of hydrogen-bond donors (Lipinski definition) is 2. The van der Waals surface area contributed by atoms with E-state index in [1.54, 1.807) is 0 Å². The van der Waals surface area contributed by atoms with Crippen LogP contribution < -0.4 is 5.32 Å². The molecule has 0 radical (unpaired) electrons. The van der Waals surface area contributed by atoms with Crippen molar-refractivity contribution in [3.05, 3.63) is 0 Å². The second-order valence-electron chi connectivity index (χ2n) is 7.28. The van der Waals surface area contributed by atoms with Crippen LogP contribution in [0.5, 0.6) is 0 Å². The first kappa shape index (κ1) is 16.8. The Labute approximate surface area is 129 Å². The summed E-state index contributed by atoms with van der Waals surface area (Å²) in [4.78, 5) is 13.9. The number of nitrogens with one attached hydrogen (secondary N) is 1. The highest BCUT2D eigenvalue weighted by atomic mass is 16.4. The van der Waals surface area contributed by atoms with Crippen LogP contribution in [-0.2, 0) is 4.79 Å². The summed E-state index contributed by atoms with van der Waals surface area (Å²) in [6.07, 6.45) is 9.51. The highest BCUT2D eigenvalue weighted by Crippen LogP contribution is 2.25. The van der Waals surface area contributed by atoms with Gasteiger partial charge in [-0.05, 0) is 51.0 Å². The quantitative estimate of drug-likeness (QED) is 0.651. The zero-order valence-electron chi connectivity index (χ0n) is 13.7. The molecule has 2 fully saturated rings. The number of carboxylic acid groups (broad SMARTS) is 1.